The predicted octanol–water partition coefficient (Wildman–Crippen LogP) is 8.31. The molecule has 5 heteroatoms. The van der Waals surface area contributed by atoms with Crippen molar-refractivity contribution in [2.75, 3.05) is 16.8 Å². The molecule has 0 aliphatic heterocycles. The van der Waals surface area contributed by atoms with E-state index in [4.69, 9.17) is 0 Å². The minimum Gasteiger partial charge on any atom is -0.480 e. The van der Waals surface area contributed by atoms with Crippen molar-refractivity contribution < 1.29 is 9.90 Å². The summed E-state index contributed by atoms with van der Waals surface area (Å²) < 4.78 is 0. The van der Waals surface area contributed by atoms with Crippen LogP contribution in [0.25, 0.3) is 0 Å². The fourth-order valence-corrected chi connectivity index (χ4v) is 5.15. The van der Waals surface area contributed by atoms with E-state index in [2.05, 4.69) is 51.0 Å². The van der Waals surface area contributed by atoms with Gasteiger partial charge in [-0.15, -0.1) is 0 Å². The number of aromatic nitrogens is 1. The molecule has 0 aliphatic carbocycles. The first-order valence-corrected chi connectivity index (χ1v) is 14.2. The largest absolute Gasteiger partial charge is 0.480 e. The third kappa shape index (κ3) is 14.5. The Morgan fingerprint density at radius 3 is 2.21 bits per heavy atom. The Hall–Kier alpha value is -1.36. The van der Waals surface area contributed by atoms with Crippen LogP contribution < -0.4 is 5.32 Å². The van der Waals surface area contributed by atoms with Crippen molar-refractivity contribution >= 4 is 23.5 Å². The normalized spacial score (nSPS) is 14.9. The minimum atomic E-state index is -0.809. The topological polar surface area (TPSA) is 65.1 Å². The second kappa shape index (κ2) is 17.1. The van der Waals surface area contributed by atoms with Gasteiger partial charge in [-0.1, -0.05) is 84.3 Å². The summed E-state index contributed by atoms with van der Waals surface area (Å²) in [6.45, 7) is 13.6. The molecule has 0 bridgehead atoms. The molecule has 0 saturated heterocycles. The van der Waals surface area contributed by atoms with E-state index in [0.29, 0.717) is 5.75 Å². The monoisotopic (exact) mass is 478 g/mol. The van der Waals surface area contributed by atoms with Gasteiger partial charge in [0, 0.05) is 17.7 Å². The lowest BCUT2D eigenvalue weighted by Crippen LogP contribution is -2.32. The molecule has 1 aromatic rings. The molecule has 3 atom stereocenters. The van der Waals surface area contributed by atoms with Crippen LogP contribution in [0.5, 0.6) is 0 Å². The van der Waals surface area contributed by atoms with Gasteiger partial charge in [0.05, 0.1) is 0 Å². The molecule has 33 heavy (non-hydrogen) atoms. The van der Waals surface area contributed by atoms with Crippen LogP contribution >= 0.6 is 11.8 Å². The highest BCUT2D eigenvalue weighted by molar-refractivity contribution is 7.99. The molecule has 190 valence electrons. The fourth-order valence-electron chi connectivity index (χ4n) is 4.15. The number of thioether (sulfide) groups is 1. The third-order valence-corrected chi connectivity index (χ3v) is 7.52. The average Bonchev–Trinajstić information content (AvgIpc) is 3.14. The Morgan fingerprint density at radius 1 is 1.06 bits per heavy atom. The number of carbonyl (C=O) groups is 1. The molecule has 3 N–H and O–H groups in total. The molecular formula is C28H50N2O2S. The number of aryl methyl sites for hydroxylation is 1. The first-order valence-electron chi connectivity index (χ1n) is 13.1. The van der Waals surface area contributed by atoms with E-state index in [1.807, 2.05) is 19.2 Å². The Kier molecular flexibility index (Phi) is 15.4. The van der Waals surface area contributed by atoms with Crippen LogP contribution in [0.4, 0.5) is 5.82 Å². The summed E-state index contributed by atoms with van der Waals surface area (Å²) in [6.07, 6.45) is 16.1. The van der Waals surface area contributed by atoms with Crippen LogP contribution in [0.3, 0.4) is 0 Å². The predicted molar refractivity (Wildman–Crippen MR) is 146 cm³/mol. The molecule has 3 unspecified atom stereocenters. The van der Waals surface area contributed by atoms with E-state index in [1.54, 1.807) is 11.8 Å². The number of allylic oxidation sites excluding steroid dienone is 1. The van der Waals surface area contributed by atoms with Gasteiger partial charge in [-0.05, 0) is 56.1 Å². The summed E-state index contributed by atoms with van der Waals surface area (Å²) in [5.74, 6) is 3.93. The summed E-state index contributed by atoms with van der Waals surface area (Å²) >= 11 is 1.67. The lowest BCUT2D eigenvalue weighted by atomic mass is 9.91. The fraction of sp³-hybridized carbons (Fsp3) is 0.750. The van der Waals surface area contributed by atoms with Gasteiger partial charge in [0.2, 0.25) is 0 Å². The highest BCUT2D eigenvalue weighted by atomic mass is 32.2. The highest BCUT2D eigenvalue weighted by Gasteiger charge is 2.18. The molecule has 0 amide bonds. The van der Waals surface area contributed by atoms with Gasteiger partial charge in [-0.25, -0.2) is 4.79 Å². The Balaban J connectivity index is 2.14. The van der Waals surface area contributed by atoms with Gasteiger partial charge in [-0.2, -0.15) is 11.8 Å². The van der Waals surface area contributed by atoms with Crippen molar-refractivity contribution in [3.63, 3.8) is 0 Å². The molecule has 1 rings (SSSR count). The van der Waals surface area contributed by atoms with Crippen molar-refractivity contribution in [3.05, 3.63) is 29.5 Å². The smallest absolute Gasteiger partial charge is 0.327 e. The molecule has 1 heterocycles. The van der Waals surface area contributed by atoms with E-state index in [9.17, 15) is 9.90 Å². The van der Waals surface area contributed by atoms with Crippen molar-refractivity contribution in [1.29, 1.82) is 0 Å². The number of carboxylic acid groups (broad SMARTS) is 1. The Bertz CT molecular complexity index is 683. The maximum atomic E-state index is 11.5. The number of aromatic amines is 1. The van der Waals surface area contributed by atoms with E-state index >= 15 is 0 Å². The number of nitrogens with one attached hydrogen (secondary N) is 2. The van der Waals surface area contributed by atoms with Crippen molar-refractivity contribution in [3.8, 4) is 0 Å². The maximum absolute atomic E-state index is 11.5. The Morgan fingerprint density at radius 2 is 1.67 bits per heavy atom. The first kappa shape index (κ1) is 29.7. The number of hydrogen-bond acceptors (Lipinski definition) is 3. The van der Waals surface area contributed by atoms with Crippen molar-refractivity contribution in [1.82, 2.24) is 4.98 Å². The van der Waals surface area contributed by atoms with Crippen LogP contribution in [-0.2, 0) is 4.79 Å². The van der Waals surface area contributed by atoms with E-state index in [0.717, 1.165) is 41.3 Å². The summed E-state index contributed by atoms with van der Waals surface area (Å²) in [7, 11) is 0. The molecule has 4 nitrogen and oxygen atoms in total. The number of rotatable bonds is 19. The molecule has 0 spiro atoms. The number of H-pyrrole nitrogens is 1. The molecule has 0 aliphatic rings. The summed E-state index contributed by atoms with van der Waals surface area (Å²) in [5.41, 5.74) is 2.46. The van der Waals surface area contributed by atoms with Gasteiger partial charge >= 0.3 is 5.97 Å². The number of aliphatic carboxylic acids is 1. The van der Waals surface area contributed by atoms with Crippen LogP contribution in [0.15, 0.2) is 23.9 Å². The quantitative estimate of drug-likeness (QED) is 0.138. The summed E-state index contributed by atoms with van der Waals surface area (Å²) in [5, 5.41) is 12.6. The molecule has 0 fully saturated rings. The third-order valence-electron chi connectivity index (χ3n) is 6.55. The van der Waals surface area contributed by atoms with Crippen LogP contribution in [0.1, 0.15) is 98.0 Å². The van der Waals surface area contributed by atoms with Gasteiger partial charge in [0.15, 0.2) is 0 Å². The summed E-state index contributed by atoms with van der Waals surface area (Å²) in [6, 6.07) is 1.36. The van der Waals surface area contributed by atoms with Gasteiger partial charge in [-0.3, -0.25) is 0 Å². The van der Waals surface area contributed by atoms with Crippen LogP contribution in [-0.4, -0.2) is 33.6 Å². The van der Waals surface area contributed by atoms with Gasteiger partial charge in [0.25, 0.3) is 0 Å². The van der Waals surface area contributed by atoms with E-state index < -0.39 is 12.0 Å². The molecule has 1 aromatic heterocycles. The van der Waals surface area contributed by atoms with Gasteiger partial charge < -0.3 is 15.4 Å². The van der Waals surface area contributed by atoms with Crippen molar-refractivity contribution in [2.24, 2.45) is 17.8 Å². The number of carboxylic acids is 1. The molecular weight excluding hydrogens is 428 g/mol. The van der Waals surface area contributed by atoms with E-state index in [-0.39, 0.29) is 0 Å². The lowest BCUT2D eigenvalue weighted by molar-refractivity contribution is -0.137. The molecule has 0 radical (unpaired) electrons. The zero-order chi connectivity index (χ0) is 24.6. The lowest BCUT2D eigenvalue weighted by Gasteiger charge is -2.15. The molecule has 0 saturated carbocycles. The average molecular weight is 479 g/mol. The zero-order valence-corrected chi connectivity index (χ0v) is 22.9. The minimum absolute atomic E-state index is 0.546. The van der Waals surface area contributed by atoms with Crippen LogP contribution in [0, 0.1) is 24.7 Å². The Labute approximate surface area is 207 Å². The number of hydrogen-bond donors (Lipinski definition) is 3. The summed E-state index contributed by atoms with van der Waals surface area (Å²) in [4.78, 5) is 14.6. The van der Waals surface area contributed by atoms with Crippen LogP contribution in [0.2, 0.25) is 0 Å². The maximum Gasteiger partial charge on any atom is 0.327 e. The van der Waals surface area contributed by atoms with E-state index in [1.165, 1.54) is 56.9 Å². The van der Waals surface area contributed by atoms with Gasteiger partial charge in [0.1, 0.15) is 11.9 Å². The molecule has 0 aromatic carbocycles. The first-order chi connectivity index (χ1) is 15.7. The second-order valence-corrected chi connectivity index (χ2v) is 11.6. The standard InChI is InChI=1S/C28H50N2O2S/c1-21(2)10-7-11-22(3)12-8-13-23(4)14-9-15-24(5)17-19-33-20-26(28(31)32)30-27-25(6)16-18-29-27/h16-18,21-23,26,29-30H,7-15,19-20H2,1-6H3,(H,31,32). The zero-order valence-electron chi connectivity index (χ0n) is 22.1. The van der Waals surface area contributed by atoms with Crippen molar-refractivity contribution in [2.45, 2.75) is 105 Å². The highest BCUT2D eigenvalue weighted by Crippen LogP contribution is 2.22. The SMILES string of the molecule is CC(=CCSCC(Nc1[nH]ccc1C)C(=O)O)CCCC(C)CCCC(C)CCCC(C)C. The number of anilines is 1. The second-order valence-electron chi connectivity index (χ2n) is 10.5.